The smallest absolute Gasteiger partial charge is 0.319 e. The van der Waals surface area contributed by atoms with E-state index in [2.05, 4.69) is 41.3 Å². The first-order valence-corrected chi connectivity index (χ1v) is 8.96. The van der Waals surface area contributed by atoms with Gasteiger partial charge in [-0.2, -0.15) is 0 Å². The van der Waals surface area contributed by atoms with Crippen LogP contribution in [0.15, 0.2) is 48.7 Å². The Morgan fingerprint density at radius 2 is 2.00 bits per heavy atom. The van der Waals surface area contributed by atoms with Crippen LogP contribution >= 0.6 is 0 Å². The molecule has 0 unspecified atom stereocenters. The molecule has 0 radical (unpaired) electrons. The summed E-state index contributed by atoms with van der Waals surface area (Å²) in [6, 6.07) is 12.7. The lowest BCUT2D eigenvalue weighted by molar-refractivity contribution is 0.251. The number of phenolic OH excluding ortho intramolecular Hbond substituents is 1. The Morgan fingerprint density at radius 3 is 2.70 bits per heavy atom. The van der Waals surface area contributed by atoms with Crippen molar-refractivity contribution >= 4 is 22.6 Å². The Labute approximate surface area is 158 Å². The summed E-state index contributed by atoms with van der Waals surface area (Å²) in [5.74, 6) is 1.02. The Hall–Kier alpha value is -3.15. The quantitative estimate of drug-likeness (QED) is 0.607. The molecule has 1 heterocycles. The molecule has 0 aliphatic rings. The molecular formula is C21H25N3O3. The third kappa shape index (κ3) is 4.53. The number of nitrogens with one attached hydrogen (secondary N) is 2. The number of carbonyl (C=O) groups excluding carboxylic acids is 1. The van der Waals surface area contributed by atoms with Crippen LogP contribution in [0, 0.1) is 5.92 Å². The van der Waals surface area contributed by atoms with Crippen LogP contribution in [0.5, 0.6) is 11.5 Å². The monoisotopic (exact) mass is 367 g/mol. The van der Waals surface area contributed by atoms with Crippen LogP contribution in [0.25, 0.3) is 10.9 Å². The lowest BCUT2D eigenvalue weighted by atomic mass is 10.2. The third-order valence-electron chi connectivity index (χ3n) is 4.29. The van der Waals surface area contributed by atoms with Gasteiger partial charge in [0.2, 0.25) is 0 Å². The highest BCUT2D eigenvalue weighted by molar-refractivity contribution is 5.92. The number of phenols is 1. The Kier molecular flexibility index (Phi) is 5.54. The molecule has 3 rings (SSSR count). The predicted octanol–water partition coefficient (Wildman–Crippen LogP) is 4.33. The maximum Gasteiger partial charge on any atom is 0.319 e. The molecule has 0 aliphatic carbocycles. The van der Waals surface area contributed by atoms with Gasteiger partial charge < -0.3 is 25.0 Å². The average molecular weight is 367 g/mol. The number of aromatic hydroxyl groups is 1. The first-order chi connectivity index (χ1) is 13.0. The van der Waals surface area contributed by atoms with Crippen molar-refractivity contribution in [3.63, 3.8) is 0 Å². The molecule has 0 saturated heterocycles. The van der Waals surface area contributed by atoms with Crippen molar-refractivity contribution in [3.8, 4) is 11.5 Å². The van der Waals surface area contributed by atoms with Crippen LogP contribution in [0.1, 0.15) is 19.4 Å². The molecule has 0 aliphatic heterocycles. The van der Waals surface area contributed by atoms with Gasteiger partial charge in [-0.1, -0.05) is 19.9 Å². The second-order valence-electron chi connectivity index (χ2n) is 6.95. The summed E-state index contributed by atoms with van der Waals surface area (Å²) in [6.45, 7) is 5.64. The second kappa shape index (κ2) is 8.03. The minimum atomic E-state index is -0.300. The number of methoxy groups -OCH3 is 1. The summed E-state index contributed by atoms with van der Waals surface area (Å²) in [5, 5.41) is 16.5. The SMILES string of the molecule is COc1ccc(CNC(=O)Nc2ccc3c(ccn3CC(C)C)c2)cc1O. The molecule has 0 saturated carbocycles. The highest BCUT2D eigenvalue weighted by Crippen LogP contribution is 2.26. The molecule has 142 valence electrons. The van der Waals surface area contributed by atoms with Crippen molar-refractivity contribution in [3.05, 3.63) is 54.2 Å². The van der Waals surface area contributed by atoms with Crippen molar-refractivity contribution in [1.29, 1.82) is 0 Å². The lowest BCUT2D eigenvalue weighted by Gasteiger charge is -2.11. The minimum Gasteiger partial charge on any atom is -0.504 e. The van der Waals surface area contributed by atoms with Gasteiger partial charge in [0.05, 0.1) is 7.11 Å². The van der Waals surface area contributed by atoms with Gasteiger partial charge in [0, 0.05) is 35.9 Å². The zero-order chi connectivity index (χ0) is 19.4. The van der Waals surface area contributed by atoms with Gasteiger partial charge in [0.25, 0.3) is 0 Å². The van der Waals surface area contributed by atoms with E-state index in [9.17, 15) is 9.90 Å². The fraction of sp³-hybridized carbons (Fsp3) is 0.286. The summed E-state index contributed by atoms with van der Waals surface area (Å²) in [5.41, 5.74) is 2.67. The van der Waals surface area contributed by atoms with Crippen LogP contribution < -0.4 is 15.4 Å². The largest absolute Gasteiger partial charge is 0.504 e. The van der Waals surface area contributed by atoms with Gasteiger partial charge >= 0.3 is 6.03 Å². The van der Waals surface area contributed by atoms with Crippen LogP contribution in [0.2, 0.25) is 0 Å². The molecule has 6 nitrogen and oxygen atoms in total. The number of rotatable bonds is 6. The summed E-state index contributed by atoms with van der Waals surface area (Å²) >= 11 is 0. The van der Waals surface area contributed by atoms with E-state index < -0.39 is 0 Å². The first kappa shape index (κ1) is 18.6. The van der Waals surface area contributed by atoms with Gasteiger partial charge in [0.15, 0.2) is 11.5 Å². The predicted molar refractivity (Wildman–Crippen MR) is 107 cm³/mol. The van der Waals surface area contributed by atoms with E-state index >= 15 is 0 Å². The van der Waals surface area contributed by atoms with Crippen molar-refractivity contribution in [2.75, 3.05) is 12.4 Å². The number of ether oxygens (including phenoxy) is 1. The fourth-order valence-electron chi connectivity index (χ4n) is 3.03. The first-order valence-electron chi connectivity index (χ1n) is 8.96. The number of fused-ring (bicyclic) bond motifs is 1. The third-order valence-corrected chi connectivity index (χ3v) is 4.29. The van der Waals surface area contributed by atoms with Crippen LogP contribution in [-0.2, 0) is 13.1 Å². The fourth-order valence-corrected chi connectivity index (χ4v) is 3.03. The molecule has 2 aromatic carbocycles. The van der Waals surface area contributed by atoms with Crippen molar-refractivity contribution in [2.45, 2.75) is 26.9 Å². The molecule has 0 fully saturated rings. The summed E-state index contributed by atoms with van der Waals surface area (Å²) in [7, 11) is 1.49. The maximum atomic E-state index is 12.2. The summed E-state index contributed by atoms with van der Waals surface area (Å²) < 4.78 is 7.23. The topological polar surface area (TPSA) is 75.5 Å². The number of hydrogen-bond acceptors (Lipinski definition) is 3. The molecule has 3 N–H and O–H groups in total. The standard InChI is InChI=1S/C21H25N3O3/c1-14(2)13-24-9-8-16-11-17(5-6-18(16)24)23-21(26)22-12-15-4-7-20(27-3)19(25)10-15/h4-11,14,25H,12-13H2,1-3H3,(H2,22,23,26). The molecule has 0 atom stereocenters. The molecule has 27 heavy (non-hydrogen) atoms. The number of nitrogens with zero attached hydrogens (tertiary/aromatic N) is 1. The zero-order valence-corrected chi connectivity index (χ0v) is 15.8. The molecule has 0 spiro atoms. The van der Waals surface area contributed by atoms with Gasteiger partial charge in [-0.3, -0.25) is 0 Å². The Bertz CT molecular complexity index is 947. The van der Waals surface area contributed by atoms with Gasteiger partial charge in [-0.25, -0.2) is 4.79 Å². The van der Waals surface area contributed by atoms with Gasteiger partial charge in [0.1, 0.15) is 0 Å². The highest BCUT2D eigenvalue weighted by Gasteiger charge is 2.07. The van der Waals surface area contributed by atoms with Crippen LogP contribution in [-0.4, -0.2) is 22.8 Å². The number of carbonyl (C=O) groups is 1. The van der Waals surface area contributed by atoms with E-state index in [4.69, 9.17) is 4.74 Å². The minimum absolute atomic E-state index is 0.0496. The molecule has 0 bridgehead atoms. The lowest BCUT2D eigenvalue weighted by Crippen LogP contribution is -2.28. The number of benzene rings is 2. The molecule has 3 aromatic rings. The Balaban J connectivity index is 1.61. The number of anilines is 1. The summed E-state index contributed by atoms with van der Waals surface area (Å²) in [6.07, 6.45) is 2.07. The normalized spacial score (nSPS) is 11.0. The number of urea groups is 1. The van der Waals surface area contributed by atoms with Crippen molar-refractivity contribution in [1.82, 2.24) is 9.88 Å². The molecule has 2 amide bonds. The van der Waals surface area contributed by atoms with Crippen molar-refractivity contribution in [2.24, 2.45) is 5.92 Å². The maximum absolute atomic E-state index is 12.2. The van der Waals surface area contributed by atoms with E-state index in [-0.39, 0.29) is 11.8 Å². The molecule has 6 heteroatoms. The zero-order valence-electron chi connectivity index (χ0n) is 15.8. The van der Waals surface area contributed by atoms with E-state index in [1.165, 1.54) is 7.11 Å². The van der Waals surface area contributed by atoms with Crippen LogP contribution in [0.3, 0.4) is 0 Å². The summed E-state index contributed by atoms with van der Waals surface area (Å²) in [4.78, 5) is 12.2. The highest BCUT2D eigenvalue weighted by atomic mass is 16.5. The number of aromatic nitrogens is 1. The van der Waals surface area contributed by atoms with E-state index in [0.29, 0.717) is 18.2 Å². The number of hydrogen-bond donors (Lipinski definition) is 3. The van der Waals surface area contributed by atoms with Gasteiger partial charge in [-0.15, -0.1) is 0 Å². The van der Waals surface area contributed by atoms with E-state index in [1.54, 1.807) is 18.2 Å². The van der Waals surface area contributed by atoms with Crippen LogP contribution in [0.4, 0.5) is 10.5 Å². The molecule has 1 aromatic heterocycles. The second-order valence-corrected chi connectivity index (χ2v) is 6.95. The average Bonchev–Trinajstić information content (AvgIpc) is 3.01. The number of amides is 2. The van der Waals surface area contributed by atoms with Gasteiger partial charge in [-0.05, 0) is 47.9 Å². The van der Waals surface area contributed by atoms with Crippen molar-refractivity contribution < 1.29 is 14.6 Å². The molecular weight excluding hydrogens is 342 g/mol. The Morgan fingerprint density at radius 1 is 1.19 bits per heavy atom. The van der Waals surface area contributed by atoms with E-state index in [0.717, 1.165) is 28.7 Å². The van der Waals surface area contributed by atoms with E-state index in [1.807, 2.05) is 18.2 Å².